The van der Waals surface area contributed by atoms with E-state index in [1.807, 2.05) is 14.0 Å². The summed E-state index contributed by atoms with van der Waals surface area (Å²) in [5.74, 6) is 0.838. The molecular weight excluding hydrogens is 268 g/mol. The van der Waals surface area contributed by atoms with E-state index < -0.39 is 0 Å². The fourth-order valence-corrected chi connectivity index (χ4v) is 2.92. The van der Waals surface area contributed by atoms with Crippen LogP contribution in [0, 0.1) is 6.92 Å². The number of aliphatic hydroxyl groups is 1. The Morgan fingerprint density at radius 2 is 2.10 bits per heavy atom. The van der Waals surface area contributed by atoms with Gasteiger partial charge in [0, 0.05) is 26.7 Å². The molecule has 0 atom stereocenters. The first kappa shape index (κ1) is 16.3. The van der Waals surface area contributed by atoms with Crippen molar-refractivity contribution in [3.63, 3.8) is 0 Å². The highest BCUT2D eigenvalue weighted by Crippen LogP contribution is 2.20. The van der Waals surface area contributed by atoms with E-state index >= 15 is 0 Å². The molecule has 1 aliphatic heterocycles. The van der Waals surface area contributed by atoms with Crippen LogP contribution in [0.2, 0.25) is 0 Å². The van der Waals surface area contributed by atoms with Gasteiger partial charge in [-0.25, -0.2) is 4.68 Å². The molecule has 0 amide bonds. The van der Waals surface area contributed by atoms with Crippen molar-refractivity contribution in [1.82, 2.24) is 20.0 Å². The third-order valence-corrected chi connectivity index (χ3v) is 4.17. The van der Waals surface area contributed by atoms with Gasteiger partial charge < -0.3 is 20.1 Å². The van der Waals surface area contributed by atoms with Crippen LogP contribution in [0.15, 0.2) is 0 Å². The minimum absolute atomic E-state index is 0.0830. The van der Waals surface area contributed by atoms with Gasteiger partial charge in [0.15, 0.2) is 0 Å². The second kappa shape index (κ2) is 7.77. The third-order valence-electron chi connectivity index (χ3n) is 4.17. The first-order valence-corrected chi connectivity index (χ1v) is 7.79. The third kappa shape index (κ3) is 4.43. The zero-order valence-corrected chi connectivity index (χ0v) is 13.4. The molecule has 1 aromatic heterocycles. The maximum atomic E-state index is 9.48. The Balaban J connectivity index is 1.66. The summed E-state index contributed by atoms with van der Waals surface area (Å²) < 4.78 is 7.17. The summed E-state index contributed by atoms with van der Waals surface area (Å²) in [4.78, 5) is 2.43. The van der Waals surface area contributed by atoms with E-state index in [-0.39, 0.29) is 6.10 Å². The van der Waals surface area contributed by atoms with Gasteiger partial charge >= 0.3 is 0 Å². The Morgan fingerprint density at radius 3 is 2.76 bits per heavy atom. The predicted molar refractivity (Wildman–Crippen MR) is 82.5 cm³/mol. The Morgan fingerprint density at radius 1 is 1.38 bits per heavy atom. The van der Waals surface area contributed by atoms with E-state index in [0.717, 1.165) is 69.1 Å². The normalized spacial score (nSPS) is 17.3. The lowest BCUT2D eigenvalue weighted by molar-refractivity contribution is 0.0821. The van der Waals surface area contributed by atoms with Crippen LogP contribution in [0.25, 0.3) is 0 Å². The Bertz CT molecular complexity index is 439. The summed E-state index contributed by atoms with van der Waals surface area (Å²) >= 11 is 0. The second-order valence-corrected chi connectivity index (χ2v) is 5.80. The zero-order valence-electron chi connectivity index (χ0n) is 13.4. The number of aromatic nitrogens is 2. The highest BCUT2D eigenvalue weighted by Gasteiger charge is 2.16. The van der Waals surface area contributed by atoms with E-state index in [9.17, 15) is 5.11 Å². The standard InChI is InChI=1S/C15H28N4O2/c1-12-14(15(21-3)18(2)17-12)11-16-7-4-8-19-9-5-13(20)6-10-19/h13,16,20H,4-11H2,1-3H3. The van der Waals surface area contributed by atoms with Crippen LogP contribution in [0.5, 0.6) is 5.88 Å². The molecule has 0 radical (unpaired) electrons. The molecule has 1 aliphatic rings. The number of ether oxygens (including phenoxy) is 1. The zero-order chi connectivity index (χ0) is 15.2. The molecule has 2 N–H and O–H groups in total. The summed E-state index contributed by atoms with van der Waals surface area (Å²) in [6, 6.07) is 0. The minimum Gasteiger partial charge on any atom is -0.481 e. The average molecular weight is 296 g/mol. The van der Waals surface area contributed by atoms with E-state index in [1.54, 1.807) is 11.8 Å². The maximum Gasteiger partial charge on any atom is 0.216 e. The van der Waals surface area contributed by atoms with Crippen molar-refractivity contribution >= 4 is 0 Å². The second-order valence-electron chi connectivity index (χ2n) is 5.80. The minimum atomic E-state index is -0.0830. The number of hydrogen-bond donors (Lipinski definition) is 2. The van der Waals surface area contributed by atoms with E-state index in [2.05, 4.69) is 15.3 Å². The van der Waals surface area contributed by atoms with Crippen LogP contribution >= 0.6 is 0 Å². The van der Waals surface area contributed by atoms with Crippen LogP contribution in [-0.4, -0.2) is 59.2 Å². The molecular formula is C15H28N4O2. The largest absolute Gasteiger partial charge is 0.481 e. The smallest absolute Gasteiger partial charge is 0.216 e. The van der Waals surface area contributed by atoms with Crippen molar-refractivity contribution in [2.45, 2.75) is 38.8 Å². The number of nitrogens with one attached hydrogen (secondary N) is 1. The Kier molecular flexibility index (Phi) is 6.02. The molecule has 1 saturated heterocycles. The van der Waals surface area contributed by atoms with Gasteiger partial charge in [-0.05, 0) is 39.3 Å². The topological polar surface area (TPSA) is 62.6 Å². The number of hydrogen-bond acceptors (Lipinski definition) is 5. The summed E-state index contributed by atoms with van der Waals surface area (Å²) in [6.45, 7) is 6.94. The molecule has 6 nitrogen and oxygen atoms in total. The van der Waals surface area contributed by atoms with Crippen LogP contribution in [0.3, 0.4) is 0 Å². The van der Waals surface area contributed by atoms with Gasteiger partial charge in [-0.2, -0.15) is 5.10 Å². The molecule has 0 unspecified atom stereocenters. The lowest BCUT2D eigenvalue weighted by atomic mass is 10.1. The van der Waals surface area contributed by atoms with Gasteiger partial charge in [-0.3, -0.25) is 0 Å². The highest BCUT2D eigenvalue weighted by molar-refractivity contribution is 5.30. The van der Waals surface area contributed by atoms with E-state index in [4.69, 9.17) is 4.74 Å². The van der Waals surface area contributed by atoms with Gasteiger partial charge in [0.2, 0.25) is 5.88 Å². The molecule has 2 rings (SSSR count). The van der Waals surface area contributed by atoms with Crippen molar-refractivity contribution in [2.75, 3.05) is 33.3 Å². The summed E-state index contributed by atoms with van der Waals surface area (Å²) in [7, 11) is 3.59. The fourth-order valence-electron chi connectivity index (χ4n) is 2.92. The Hall–Kier alpha value is -1.11. The first-order chi connectivity index (χ1) is 10.1. The van der Waals surface area contributed by atoms with Crippen LogP contribution in [0.4, 0.5) is 0 Å². The van der Waals surface area contributed by atoms with Crippen molar-refractivity contribution in [3.05, 3.63) is 11.3 Å². The van der Waals surface area contributed by atoms with Gasteiger partial charge in [-0.15, -0.1) is 0 Å². The van der Waals surface area contributed by atoms with Gasteiger partial charge in [0.25, 0.3) is 0 Å². The number of aliphatic hydroxyl groups excluding tert-OH is 1. The van der Waals surface area contributed by atoms with Gasteiger partial charge in [-0.1, -0.05) is 0 Å². The SMILES string of the molecule is COc1c(CNCCCN2CCC(O)CC2)c(C)nn1C. The van der Waals surface area contributed by atoms with Crippen molar-refractivity contribution in [2.24, 2.45) is 7.05 Å². The number of piperidine rings is 1. The summed E-state index contributed by atoms with van der Waals surface area (Å²) in [5, 5.41) is 17.3. The number of methoxy groups -OCH3 is 1. The van der Waals surface area contributed by atoms with E-state index in [0.29, 0.717) is 0 Å². The number of aryl methyl sites for hydroxylation is 2. The lowest BCUT2D eigenvalue weighted by Gasteiger charge is -2.29. The molecule has 0 bridgehead atoms. The van der Waals surface area contributed by atoms with Gasteiger partial charge in [0.1, 0.15) is 0 Å². The van der Waals surface area contributed by atoms with Crippen molar-refractivity contribution in [1.29, 1.82) is 0 Å². The van der Waals surface area contributed by atoms with Crippen molar-refractivity contribution in [3.8, 4) is 5.88 Å². The molecule has 0 saturated carbocycles. The fraction of sp³-hybridized carbons (Fsp3) is 0.800. The average Bonchev–Trinajstić information content (AvgIpc) is 2.74. The van der Waals surface area contributed by atoms with Crippen LogP contribution < -0.4 is 10.1 Å². The molecule has 120 valence electrons. The molecule has 2 heterocycles. The first-order valence-electron chi connectivity index (χ1n) is 7.79. The number of nitrogens with zero attached hydrogens (tertiary/aromatic N) is 3. The van der Waals surface area contributed by atoms with Gasteiger partial charge in [0.05, 0.1) is 24.5 Å². The molecule has 1 aromatic rings. The molecule has 0 spiro atoms. The molecule has 0 aliphatic carbocycles. The summed E-state index contributed by atoms with van der Waals surface area (Å²) in [5.41, 5.74) is 2.16. The molecule has 6 heteroatoms. The maximum absolute atomic E-state index is 9.48. The molecule has 0 aromatic carbocycles. The van der Waals surface area contributed by atoms with E-state index in [1.165, 1.54) is 0 Å². The monoisotopic (exact) mass is 296 g/mol. The number of rotatable bonds is 7. The summed E-state index contributed by atoms with van der Waals surface area (Å²) in [6.07, 6.45) is 2.87. The lowest BCUT2D eigenvalue weighted by Crippen LogP contribution is -2.37. The van der Waals surface area contributed by atoms with Crippen LogP contribution in [0.1, 0.15) is 30.5 Å². The Labute approximate surface area is 127 Å². The van der Waals surface area contributed by atoms with Crippen molar-refractivity contribution < 1.29 is 9.84 Å². The highest BCUT2D eigenvalue weighted by atomic mass is 16.5. The molecule has 1 fully saturated rings. The predicted octanol–water partition coefficient (Wildman–Crippen LogP) is 0.674. The van der Waals surface area contributed by atoms with Crippen LogP contribution in [-0.2, 0) is 13.6 Å². The molecule has 21 heavy (non-hydrogen) atoms. The quantitative estimate of drug-likeness (QED) is 0.724. The number of likely N-dealkylation sites (tertiary alicyclic amines) is 1.